The summed E-state index contributed by atoms with van der Waals surface area (Å²) in [6.45, 7) is 0. The van der Waals surface area contributed by atoms with Gasteiger partial charge < -0.3 is 15.2 Å². The van der Waals surface area contributed by atoms with Gasteiger partial charge in [-0.3, -0.25) is 0 Å². The number of hydrogen-bond donors (Lipinski definition) is 1. The van der Waals surface area contributed by atoms with Gasteiger partial charge in [-0.25, -0.2) is 4.39 Å². The molecule has 0 saturated heterocycles. The quantitative estimate of drug-likeness (QED) is 0.817. The smallest absolute Gasteiger partial charge is 0.163 e. The van der Waals surface area contributed by atoms with E-state index in [0.717, 1.165) is 9.13 Å². The number of nitrogens with two attached hydrogens (primary N) is 1. The van der Waals surface area contributed by atoms with Crippen LogP contribution in [0.1, 0.15) is 17.2 Å². The molecule has 0 saturated carbocycles. The minimum absolute atomic E-state index is 0.351. The summed E-state index contributed by atoms with van der Waals surface area (Å²) in [4.78, 5) is 0. The lowest BCUT2D eigenvalue weighted by Gasteiger charge is -2.17. The van der Waals surface area contributed by atoms with E-state index in [4.69, 9.17) is 15.2 Å². The van der Waals surface area contributed by atoms with Crippen LogP contribution in [0.5, 0.6) is 11.5 Å². The second-order valence-corrected chi connectivity index (χ2v) is 5.39. The van der Waals surface area contributed by atoms with E-state index >= 15 is 0 Å². The predicted molar refractivity (Wildman–Crippen MR) is 84.7 cm³/mol. The van der Waals surface area contributed by atoms with E-state index in [1.54, 1.807) is 6.07 Å². The molecule has 106 valence electrons. The maximum absolute atomic E-state index is 14.2. The van der Waals surface area contributed by atoms with Gasteiger partial charge in [-0.15, -0.1) is 0 Å². The van der Waals surface area contributed by atoms with Crippen molar-refractivity contribution < 1.29 is 13.9 Å². The standard InChI is InChI=1S/C15H15FINO2/c1-19-13-7-10(11(16)8-14(13)20-2)15(18)9-5-3-4-6-12(9)17/h3-8,15H,18H2,1-2H3. The molecule has 0 spiro atoms. The van der Waals surface area contributed by atoms with Gasteiger partial charge in [0.15, 0.2) is 11.5 Å². The number of benzene rings is 2. The van der Waals surface area contributed by atoms with Gasteiger partial charge in [0.2, 0.25) is 0 Å². The summed E-state index contributed by atoms with van der Waals surface area (Å²) < 4.78 is 25.5. The van der Waals surface area contributed by atoms with E-state index in [9.17, 15) is 4.39 Å². The molecule has 2 aromatic carbocycles. The van der Waals surface area contributed by atoms with E-state index in [-0.39, 0.29) is 0 Å². The highest BCUT2D eigenvalue weighted by atomic mass is 127. The molecule has 1 atom stereocenters. The Morgan fingerprint density at radius 2 is 1.65 bits per heavy atom. The lowest BCUT2D eigenvalue weighted by atomic mass is 9.98. The van der Waals surface area contributed by atoms with E-state index in [1.807, 2.05) is 24.3 Å². The zero-order chi connectivity index (χ0) is 14.7. The third kappa shape index (κ3) is 2.88. The maximum Gasteiger partial charge on any atom is 0.163 e. The molecule has 5 heteroatoms. The first kappa shape index (κ1) is 15.1. The molecule has 3 nitrogen and oxygen atoms in total. The average Bonchev–Trinajstić information content (AvgIpc) is 2.46. The largest absolute Gasteiger partial charge is 0.493 e. The Morgan fingerprint density at radius 1 is 1.05 bits per heavy atom. The number of rotatable bonds is 4. The summed E-state index contributed by atoms with van der Waals surface area (Å²) in [5.74, 6) is 0.406. The third-order valence-corrected chi connectivity index (χ3v) is 4.06. The molecule has 0 aromatic heterocycles. The van der Waals surface area contributed by atoms with E-state index in [0.29, 0.717) is 17.1 Å². The van der Waals surface area contributed by atoms with Crippen molar-refractivity contribution >= 4 is 22.6 Å². The maximum atomic E-state index is 14.2. The predicted octanol–water partition coefficient (Wildman–Crippen LogP) is 3.50. The highest BCUT2D eigenvalue weighted by Gasteiger charge is 2.19. The fraction of sp³-hybridized carbons (Fsp3) is 0.200. The summed E-state index contributed by atoms with van der Waals surface area (Å²) in [6.07, 6.45) is 0. The van der Waals surface area contributed by atoms with E-state index in [1.165, 1.54) is 20.3 Å². The third-order valence-electron chi connectivity index (χ3n) is 3.08. The van der Waals surface area contributed by atoms with Crippen LogP contribution in [0.15, 0.2) is 36.4 Å². The fourth-order valence-corrected chi connectivity index (χ4v) is 2.73. The van der Waals surface area contributed by atoms with Crippen LogP contribution in [0.25, 0.3) is 0 Å². The van der Waals surface area contributed by atoms with Gasteiger partial charge >= 0.3 is 0 Å². The Morgan fingerprint density at radius 3 is 2.25 bits per heavy atom. The topological polar surface area (TPSA) is 44.5 Å². The average molecular weight is 387 g/mol. The first-order valence-electron chi connectivity index (χ1n) is 6.00. The van der Waals surface area contributed by atoms with Crippen molar-refractivity contribution in [2.45, 2.75) is 6.04 Å². The zero-order valence-corrected chi connectivity index (χ0v) is 13.3. The van der Waals surface area contributed by atoms with E-state index < -0.39 is 11.9 Å². The Labute approximate surface area is 131 Å². The summed E-state index contributed by atoms with van der Waals surface area (Å²) in [6, 6.07) is 9.96. The molecule has 2 aromatic rings. The van der Waals surface area contributed by atoms with Crippen molar-refractivity contribution in [3.05, 3.63) is 56.9 Å². The second kappa shape index (κ2) is 6.41. The molecule has 2 rings (SSSR count). The van der Waals surface area contributed by atoms with Gasteiger partial charge in [0.05, 0.1) is 20.3 Å². The van der Waals surface area contributed by atoms with Gasteiger partial charge in [0, 0.05) is 15.2 Å². The van der Waals surface area contributed by atoms with Crippen LogP contribution in [-0.2, 0) is 0 Å². The molecule has 1 unspecified atom stereocenters. The van der Waals surface area contributed by atoms with Crippen LogP contribution in [0.2, 0.25) is 0 Å². The van der Waals surface area contributed by atoms with Crippen molar-refractivity contribution in [1.82, 2.24) is 0 Å². The molecule has 0 amide bonds. The highest BCUT2D eigenvalue weighted by Crippen LogP contribution is 2.34. The minimum atomic E-state index is -0.553. The van der Waals surface area contributed by atoms with Crippen LogP contribution in [-0.4, -0.2) is 14.2 Å². The molecule has 0 heterocycles. The molecule has 0 aliphatic heterocycles. The SMILES string of the molecule is COc1cc(F)c(C(N)c2ccccc2I)cc1OC. The van der Waals surface area contributed by atoms with Crippen LogP contribution >= 0.6 is 22.6 Å². The van der Waals surface area contributed by atoms with Gasteiger partial charge in [-0.1, -0.05) is 18.2 Å². The van der Waals surface area contributed by atoms with Crippen molar-refractivity contribution in [2.24, 2.45) is 5.73 Å². The molecular formula is C15H15FINO2. The highest BCUT2D eigenvalue weighted by molar-refractivity contribution is 14.1. The Hall–Kier alpha value is -1.34. The van der Waals surface area contributed by atoms with Crippen LogP contribution in [0.4, 0.5) is 4.39 Å². The molecule has 2 N–H and O–H groups in total. The molecular weight excluding hydrogens is 372 g/mol. The van der Waals surface area contributed by atoms with E-state index in [2.05, 4.69) is 22.6 Å². The Balaban J connectivity index is 2.50. The first-order valence-corrected chi connectivity index (χ1v) is 7.07. The van der Waals surface area contributed by atoms with Crippen molar-refractivity contribution in [2.75, 3.05) is 14.2 Å². The van der Waals surface area contributed by atoms with Gasteiger partial charge in [0.1, 0.15) is 5.82 Å². The summed E-state index contributed by atoms with van der Waals surface area (Å²) >= 11 is 2.19. The summed E-state index contributed by atoms with van der Waals surface area (Å²) in [7, 11) is 2.98. The fourth-order valence-electron chi connectivity index (χ4n) is 2.00. The van der Waals surface area contributed by atoms with Gasteiger partial charge in [-0.2, -0.15) is 0 Å². The second-order valence-electron chi connectivity index (χ2n) is 4.23. The summed E-state index contributed by atoms with van der Waals surface area (Å²) in [5.41, 5.74) is 7.45. The van der Waals surface area contributed by atoms with Gasteiger partial charge in [-0.05, 0) is 40.3 Å². The minimum Gasteiger partial charge on any atom is -0.493 e. The molecule has 0 aliphatic carbocycles. The van der Waals surface area contributed by atoms with Crippen LogP contribution in [0.3, 0.4) is 0 Å². The van der Waals surface area contributed by atoms with Gasteiger partial charge in [0.25, 0.3) is 0 Å². The number of halogens is 2. The number of methoxy groups -OCH3 is 2. The number of hydrogen-bond acceptors (Lipinski definition) is 3. The molecule has 20 heavy (non-hydrogen) atoms. The lowest BCUT2D eigenvalue weighted by Crippen LogP contribution is -2.15. The zero-order valence-electron chi connectivity index (χ0n) is 11.2. The van der Waals surface area contributed by atoms with Crippen molar-refractivity contribution in [3.8, 4) is 11.5 Å². The van der Waals surface area contributed by atoms with Crippen molar-refractivity contribution in [1.29, 1.82) is 0 Å². The van der Waals surface area contributed by atoms with Crippen LogP contribution in [0, 0.1) is 9.39 Å². The molecule has 0 bridgehead atoms. The Kier molecular flexibility index (Phi) is 4.82. The van der Waals surface area contributed by atoms with Crippen LogP contribution < -0.4 is 15.2 Å². The molecule has 0 radical (unpaired) electrons. The first-order chi connectivity index (χ1) is 9.58. The normalized spacial score (nSPS) is 12.1. The summed E-state index contributed by atoms with van der Waals surface area (Å²) in [5, 5.41) is 0. The Bertz CT molecular complexity index is 619. The number of ether oxygens (including phenoxy) is 2. The lowest BCUT2D eigenvalue weighted by molar-refractivity contribution is 0.351. The van der Waals surface area contributed by atoms with Crippen molar-refractivity contribution in [3.63, 3.8) is 0 Å². The monoisotopic (exact) mass is 387 g/mol. The molecule has 0 aliphatic rings. The molecule has 0 fully saturated rings.